The minimum Gasteiger partial charge on any atom is -0.453 e. The van der Waals surface area contributed by atoms with Crippen LogP contribution in [-0.4, -0.2) is 106 Å². The molecule has 0 unspecified atom stereocenters. The summed E-state index contributed by atoms with van der Waals surface area (Å²) in [6.07, 6.45) is 8.35. The van der Waals surface area contributed by atoms with E-state index in [0.29, 0.717) is 44.6 Å². The van der Waals surface area contributed by atoms with Gasteiger partial charge in [-0.15, -0.1) is 0 Å². The van der Waals surface area contributed by atoms with Crippen LogP contribution in [0, 0.1) is 5.92 Å². The van der Waals surface area contributed by atoms with E-state index in [1.807, 2.05) is 38.1 Å². The maximum atomic E-state index is 13.5. The summed E-state index contributed by atoms with van der Waals surface area (Å²) in [6.45, 7) is 5.13. The summed E-state index contributed by atoms with van der Waals surface area (Å²) < 4.78 is 9.40. The number of hydrogen-bond donors (Lipinski definition) is 4. The Morgan fingerprint density at radius 2 is 1.41 bits per heavy atom. The Labute approximate surface area is 325 Å². The molecule has 16 heteroatoms. The van der Waals surface area contributed by atoms with Crippen LogP contribution in [0.4, 0.5) is 15.5 Å². The van der Waals surface area contributed by atoms with Crippen LogP contribution in [0.1, 0.15) is 70.7 Å². The molecule has 0 spiro atoms. The minimum absolute atomic E-state index is 0.136. The Kier molecular flexibility index (Phi) is 12.8. The van der Waals surface area contributed by atoms with Gasteiger partial charge in [0, 0.05) is 43.2 Å². The summed E-state index contributed by atoms with van der Waals surface area (Å²) >= 11 is 0. The van der Waals surface area contributed by atoms with Gasteiger partial charge in [0.25, 0.3) is 0 Å². The van der Waals surface area contributed by atoms with Gasteiger partial charge in [-0.1, -0.05) is 51.0 Å². The third-order valence-corrected chi connectivity index (χ3v) is 10.4. The maximum Gasteiger partial charge on any atom is 0.407 e. The number of anilines is 1. The fourth-order valence-electron chi connectivity index (χ4n) is 7.40. The quantitative estimate of drug-likeness (QED) is 0.140. The lowest BCUT2D eigenvalue weighted by Gasteiger charge is -2.28. The van der Waals surface area contributed by atoms with Crippen molar-refractivity contribution in [3.05, 3.63) is 60.8 Å². The van der Waals surface area contributed by atoms with Crippen molar-refractivity contribution in [2.45, 2.75) is 76.9 Å². The van der Waals surface area contributed by atoms with Crippen LogP contribution in [0.2, 0.25) is 0 Å². The molecule has 6 rings (SSSR count). The average molecular weight is 768 g/mol. The van der Waals surface area contributed by atoms with Gasteiger partial charge in [-0.3, -0.25) is 19.7 Å². The molecule has 16 nitrogen and oxygen atoms in total. The molecule has 0 radical (unpaired) electrons. The van der Waals surface area contributed by atoms with Crippen molar-refractivity contribution in [2.24, 2.45) is 5.92 Å². The molecule has 296 valence electrons. The zero-order valence-electron chi connectivity index (χ0n) is 32.2. The first kappa shape index (κ1) is 39.6. The number of methoxy groups -OCH3 is 2. The fourth-order valence-corrected chi connectivity index (χ4v) is 7.40. The molecule has 2 fully saturated rings. The molecule has 2 aromatic heterocycles. The molecule has 0 aliphatic carbocycles. The van der Waals surface area contributed by atoms with Gasteiger partial charge in [0.1, 0.15) is 17.9 Å². The van der Waals surface area contributed by atoms with Gasteiger partial charge in [0.2, 0.25) is 23.7 Å². The van der Waals surface area contributed by atoms with E-state index < -0.39 is 30.2 Å². The standard InChI is InChI=1S/C40H49N9O7/c1-5-8-30(45-39(53)55-3)36(51)48-17-15-28(23-48)35(50)47-38-42-20-29(21-43-38)26-12-11-25-19-27(14-13-24(25)18-26)32-22-41-34(44-32)33-10-7-16-49(33)37(52)31(9-6-2)46-40(54)56-4/h11-14,18-22,28,30-31,33H,5-10,15-17,23H2,1-4H3,(H,41,44)(H,45,53)(H,46,54)(H,42,43,47,50)/t28-,30+,31-,33-/m0/s1. The first-order valence-corrected chi connectivity index (χ1v) is 19.1. The van der Waals surface area contributed by atoms with Crippen molar-refractivity contribution in [1.29, 1.82) is 0 Å². The van der Waals surface area contributed by atoms with Crippen LogP contribution in [0.3, 0.4) is 0 Å². The molecule has 2 saturated heterocycles. The van der Waals surface area contributed by atoms with E-state index in [2.05, 4.69) is 52.8 Å². The lowest BCUT2D eigenvalue weighted by molar-refractivity contribution is -0.135. The summed E-state index contributed by atoms with van der Waals surface area (Å²) in [6, 6.07) is 10.6. The summed E-state index contributed by atoms with van der Waals surface area (Å²) in [7, 11) is 2.54. The highest BCUT2D eigenvalue weighted by Crippen LogP contribution is 2.34. The fraction of sp³-hybridized carbons (Fsp3) is 0.450. The number of rotatable bonds is 13. The highest BCUT2D eigenvalue weighted by molar-refractivity contribution is 5.93. The summed E-state index contributed by atoms with van der Waals surface area (Å²) in [5.41, 5.74) is 3.48. The van der Waals surface area contributed by atoms with Crippen LogP contribution in [0.5, 0.6) is 0 Å². The van der Waals surface area contributed by atoms with Crippen LogP contribution in [0.25, 0.3) is 33.2 Å². The van der Waals surface area contributed by atoms with Crippen LogP contribution in [-0.2, 0) is 23.9 Å². The molecule has 4 heterocycles. The minimum atomic E-state index is -0.705. The van der Waals surface area contributed by atoms with E-state index in [1.54, 1.807) is 28.4 Å². The van der Waals surface area contributed by atoms with Crippen molar-refractivity contribution in [1.82, 2.24) is 40.4 Å². The average Bonchev–Trinajstić information content (AvgIpc) is 4.02. The topological polar surface area (TPSA) is 201 Å². The zero-order chi connectivity index (χ0) is 39.8. The van der Waals surface area contributed by atoms with Gasteiger partial charge < -0.3 is 34.9 Å². The number of aromatic nitrogens is 4. The summed E-state index contributed by atoms with van der Waals surface area (Å²) in [5, 5.41) is 10.1. The summed E-state index contributed by atoms with van der Waals surface area (Å²) in [5.74, 6) is -0.182. The van der Waals surface area contributed by atoms with E-state index in [0.717, 1.165) is 52.4 Å². The molecule has 4 atom stereocenters. The number of amides is 5. The monoisotopic (exact) mass is 767 g/mol. The molecule has 2 aliphatic rings. The number of alkyl carbamates (subject to hydrolysis) is 2. The van der Waals surface area contributed by atoms with E-state index in [1.165, 1.54) is 14.2 Å². The molecular weight excluding hydrogens is 718 g/mol. The van der Waals surface area contributed by atoms with Crippen LogP contribution >= 0.6 is 0 Å². The van der Waals surface area contributed by atoms with Gasteiger partial charge in [0.05, 0.1) is 38.1 Å². The predicted molar refractivity (Wildman–Crippen MR) is 208 cm³/mol. The second-order valence-electron chi connectivity index (χ2n) is 14.2. The number of H-pyrrole nitrogens is 1. The SMILES string of the molecule is CCC[C@H](NC(=O)OC)C(=O)N1CCC[C@H]1c1ncc(-c2ccc3cc(-c4cnc(NC(=O)[C@H]5CCN(C(=O)[C@@H](CCC)NC(=O)OC)C5)nc4)ccc3c2)[nH]1. The molecule has 4 N–H and O–H groups in total. The number of hydrogen-bond acceptors (Lipinski definition) is 10. The number of ether oxygens (including phenoxy) is 2. The highest BCUT2D eigenvalue weighted by atomic mass is 16.5. The van der Waals surface area contributed by atoms with E-state index in [-0.39, 0.29) is 36.3 Å². The van der Waals surface area contributed by atoms with Crippen molar-refractivity contribution >= 4 is 46.6 Å². The number of aromatic amines is 1. The number of carbonyl (C=O) groups excluding carboxylic acids is 5. The van der Waals surface area contributed by atoms with E-state index in [9.17, 15) is 24.0 Å². The van der Waals surface area contributed by atoms with Crippen LogP contribution in [0.15, 0.2) is 55.0 Å². The first-order chi connectivity index (χ1) is 27.1. The first-order valence-electron chi connectivity index (χ1n) is 19.1. The Morgan fingerprint density at radius 3 is 2.05 bits per heavy atom. The molecule has 0 saturated carbocycles. The Morgan fingerprint density at radius 1 is 0.786 bits per heavy atom. The molecule has 5 amide bonds. The largest absolute Gasteiger partial charge is 0.453 e. The predicted octanol–water partition coefficient (Wildman–Crippen LogP) is 5.19. The Balaban J connectivity index is 1.07. The molecule has 56 heavy (non-hydrogen) atoms. The molecule has 0 bridgehead atoms. The highest BCUT2D eigenvalue weighted by Gasteiger charge is 2.37. The second-order valence-corrected chi connectivity index (χ2v) is 14.2. The number of likely N-dealkylation sites (tertiary alicyclic amines) is 2. The summed E-state index contributed by atoms with van der Waals surface area (Å²) in [4.78, 5) is 83.6. The van der Waals surface area contributed by atoms with Gasteiger partial charge in [0.15, 0.2) is 0 Å². The van der Waals surface area contributed by atoms with E-state index >= 15 is 0 Å². The molecule has 2 aliphatic heterocycles. The third-order valence-electron chi connectivity index (χ3n) is 10.4. The second kappa shape index (κ2) is 18.0. The van der Waals surface area contributed by atoms with Crippen molar-refractivity contribution in [3.63, 3.8) is 0 Å². The zero-order valence-corrected chi connectivity index (χ0v) is 32.2. The Bertz CT molecular complexity index is 2050. The van der Waals surface area contributed by atoms with Crippen molar-refractivity contribution in [3.8, 4) is 22.4 Å². The number of carbonyl (C=O) groups is 5. The van der Waals surface area contributed by atoms with Gasteiger partial charge in [-0.2, -0.15) is 0 Å². The number of benzene rings is 2. The molecular formula is C40H49N9O7. The number of nitrogens with zero attached hydrogens (tertiary/aromatic N) is 5. The molecule has 4 aromatic rings. The lowest BCUT2D eigenvalue weighted by Crippen LogP contribution is -2.48. The smallest absolute Gasteiger partial charge is 0.407 e. The number of fused-ring (bicyclic) bond motifs is 1. The van der Waals surface area contributed by atoms with Gasteiger partial charge in [-0.25, -0.2) is 24.5 Å². The number of imidazole rings is 1. The van der Waals surface area contributed by atoms with Crippen LogP contribution < -0.4 is 16.0 Å². The van der Waals surface area contributed by atoms with Crippen molar-refractivity contribution < 1.29 is 33.4 Å². The maximum absolute atomic E-state index is 13.5. The Hall–Kier alpha value is -6.06. The van der Waals surface area contributed by atoms with E-state index in [4.69, 9.17) is 4.74 Å². The van der Waals surface area contributed by atoms with Crippen molar-refractivity contribution in [2.75, 3.05) is 39.2 Å². The normalized spacial score (nSPS) is 17.6. The molecule has 2 aromatic carbocycles. The third kappa shape index (κ3) is 9.07. The van der Waals surface area contributed by atoms with Gasteiger partial charge >= 0.3 is 12.2 Å². The van der Waals surface area contributed by atoms with Gasteiger partial charge in [-0.05, 0) is 60.6 Å². The lowest BCUT2D eigenvalue weighted by atomic mass is 10.0. The number of nitrogens with one attached hydrogen (secondary N) is 4.